The number of aromatic amines is 1. The Kier molecular flexibility index (Phi) is 9.92. The number of piperidine rings is 2. The van der Waals surface area contributed by atoms with Crippen molar-refractivity contribution < 1.29 is 18.8 Å². The van der Waals surface area contributed by atoms with Crippen LogP contribution in [0.5, 0.6) is 0 Å². The average molecular weight is 772 g/mol. The van der Waals surface area contributed by atoms with E-state index >= 15 is 0 Å². The molecule has 5 aromatic rings. The van der Waals surface area contributed by atoms with Gasteiger partial charge in [0, 0.05) is 48.4 Å². The van der Waals surface area contributed by atoms with Crippen molar-refractivity contribution in [3.8, 4) is 22.5 Å². The lowest BCUT2D eigenvalue weighted by Crippen LogP contribution is -2.53. The lowest BCUT2D eigenvalue weighted by Gasteiger charge is -2.44. The van der Waals surface area contributed by atoms with Gasteiger partial charge in [0.2, 0.25) is 11.8 Å². The summed E-state index contributed by atoms with van der Waals surface area (Å²) in [7, 11) is 1.76. The second-order valence-electron chi connectivity index (χ2n) is 16.6. The molecule has 2 fully saturated rings. The quantitative estimate of drug-likeness (QED) is 0.107. The van der Waals surface area contributed by atoms with Gasteiger partial charge in [-0.3, -0.25) is 33.8 Å². The maximum absolute atomic E-state index is 14.7. The number of imidazole rings is 1. The SMILES string of the molecule is Cn1c(=O)n(C2CCC(=O)NC2=O)c2cccc(CCCCCCCCN3CCC4(CC3)CNC(=O)c3c4[nH]c4c3CCc3cnc(-c5ccccc5F)cc3-4)c21. The summed E-state index contributed by atoms with van der Waals surface area (Å²) in [5, 5.41) is 5.64. The zero-order valence-corrected chi connectivity index (χ0v) is 32.6. The number of nitrogens with zero attached hydrogens (tertiary/aromatic N) is 4. The number of halogens is 1. The van der Waals surface area contributed by atoms with Crippen LogP contribution in [0.1, 0.15) is 103 Å². The summed E-state index contributed by atoms with van der Waals surface area (Å²) in [6, 6.07) is 14.0. The number of carbonyl (C=O) groups excluding carboxylic acids is 3. The second-order valence-corrected chi connectivity index (χ2v) is 16.6. The van der Waals surface area contributed by atoms with Gasteiger partial charge in [-0.1, -0.05) is 49.9 Å². The van der Waals surface area contributed by atoms with E-state index in [0.717, 1.165) is 128 Å². The number of benzene rings is 2. The third kappa shape index (κ3) is 6.71. The van der Waals surface area contributed by atoms with Gasteiger partial charge < -0.3 is 15.2 Å². The van der Waals surface area contributed by atoms with Gasteiger partial charge in [0.1, 0.15) is 11.9 Å². The van der Waals surface area contributed by atoms with Crippen molar-refractivity contribution in [2.75, 3.05) is 26.2 Å². The summed E-state index contributed by atoms with van der Waals surface area (Å²) >= 11 is 0. The molecule has 0 radical (unpaired) electrons. The molecule has 3 aromatic heterocycles. The van der Waals surface area contributed by atoms with Crippen molar-refractivity contribution in [3.63, 3.8) is 0 Å². The summed E-state index contributed by atoms with van der Waals surface area (Å²) in [6.45, 7) is 3.72. The van der Waals surface area contributed by atoms with Crippen molar-refractivity contribution in [1.82, 2.24) is 34.6 Å². The number of amides is 3. The van der Waals surface area contributed by atoms with Crippen LogP contribution in [0.15, 0.2) is 59.5 Å². The maximum Gasteiger partial charge on any atom is 0.329 e. The van der Waals surface area contributed by atoms with Crippen molar-refractivity contribution in [1.29, 1.82) is 0 Å². The maximum atomic E-state index is 14.7. The van der Waals surface area contributed by atoms with E-state index in [4.69, 9.17) is 0 Å². The van der Waals surface area contributed by atoms with Crippen LogP contribution in [-0.2, 0) is 41.3 Å². The molecule has 4 aliphatic rings. The Morgan fingerprint density at radius 3 is 2.49 bits per heavy atom. The second kappa shape index (κ2) is 15.2. The smallest absolute Gasteiger partial charge is 0.329 e. The fourth-order valence-electron chi connectivity index (χ4n) is 10.0. The number of rotatable bonds is 11. The van der Waals surface area contributed by atoms with E-state index in [9.17, 15) is 23.6 Å². The van der Waals surface area contributed by atoms with Gasteiger partial charge in [-0.05, 0) is 112 Å². The molecule has 1 spiro atoms. The Morgan fingerprint density at radius 1 is 0.895 bits per heavy atom. The molecule has 296 valence electrons. The molecule has 3 aliphatic heterocycles. The highest BCUT2D eigenvalue weighted by molar-refractivity contribution is 6.01. The van der Waals surface area contributed by atoms with Gasteiger partial charge in [0.15, 0.2) is 0 Å². The Morgan fingerprint density at radius 2 is 1.68 bits per heavy atom. The van der Waals surface area contributed by atoms with E-state index in [1.54, 1.807) is 28.3 Å². The summed E-state index contributed by atoms with van der Waals surface area (Å²) < 4.78 is 17.9. The number of unbranched alkanes of at least 4 members (excludes halogenated alkanes) is 5. The van der Waals surface area contributed by atoms with Crippen LogP contribution in [0, 0.1) is 5.82 Å². The first-order valence-corrected chi connectivity index (χ1v) is 20.7. The molecular weight excluding hydrogens is 722 g/mol. The number of nitrogens with one attached hydrogen (secondary N) is 3. The van der Waals surface area contributed by atoms with E-state index < -0.39 is 11.9 Å². The molecule has 9 rings (SSSR count). The number of aromatic nitrogens is 4. The van der Waals surface area contributed by atoms with E-state index in [-0.39, 0.29) is 35.2 Å². The standard InChI is InChI=1S/C45H50FN7O4/c1-51-40-28(12-10-15-35(40)53(44(51)57)36-18-19-37(54)49-42(36)55)11-6-4-2-3-5-9-22-52-23-20-45(21-24-52)27-48-43(56)38-31-17-16-29-26-47-34(30-13-7-8-14-33(30)46)25-32(29)39(31)50-41(38)45/h7-8,10,12-15,25-26,36,50H,2-6,9,11,16-24,27H2,1H3,(H,48,56)(H,49,54,55). The number of hydrogen-bond acceptors (Lipinski definition) is 6. The Balaban J connectivity index is 0.769. The summed E-state index contributed by atoms with van der Waals surface area (Å²) in [4.78, 5) is 62.0. The average Bonchev–Trinajstić information content (AvgIpc) is 3.75. The monoisotopic (exact) mass is 771 g/mol. The van der Waals surface area contributed by atoms with Crippen LogP contribution in [0.2, 0.25) is 0 Å². The third-order valence-corrected chi connectivity index (χ3v) is 13.2. The number of para-hydroxylation sites is 1. The lowest BCUT2D eigenvalue weighted by atomic mass is 9.71. The predicted molar refractivity (Wildman–Crippen MR) is 217 cm³/mol. The number of hydrogen-bond donors (Lipinski definition) is 3. The molecule has 0 saturated carbocycles. The van der Waals surface area contributed by atoms with Crippen LogP contribution in [0.3, 0.4) is 0 Å². The summed E-state index contributed by atoms with van der Waals surface area (Å²) in [5.74, 6) is -0.987. The first-order chi connectivity index (χ1) is 27.7. The van der Waals surface area contributed by atoms with E-state index in [2.05, 4.69) is 31.6 Å². The predicted octanol–water partition coefficient (Wildman–Crippen LogP) is 6.27. The molecule has 0 bridgehead atoms. The minimum atomic E-state index is -0.673. The number of aryl methyl sites for hydroxylation is 3. The first kappa shape index (κ1) is 37.2. The van der Waals surface area contributed by atoms with Gasteiger partial charge in [-0.25, -0.2) is 9.18 Å². The van der Waals surface area contributed by atoms with E-state index in [1.165, 1.54) is 18.9 Å². The Bertz CT molecular complexity index is 2450. The van der Waals surface area contributed by atoms with Crippen LogP contribution in [-0.4, -0.2) is 67.9 Å². The Hall–Kier alpha value is -5.36. The lowest BCUT2D eigenvalue weighted by molar-refractivity contribution is -0.135. The van der Waals surface area contributed by atoms with Crippen molar-refractivity contribution in [2.45, 2.75) is 94.9 Å². The highest BCUT2D eigenvalue weighted by atomic mass is 19.1. The molecule has 3 amide bonds. The zero-order chi connectivity index (χ0) is 39.3. The van der Waals surface area contributed by atoms with Crippen LogP contribution in [0.4, 0.5) is 4.39 Å². The molecule has 2 saturated heterocycles. The van der Waals surface area contributed by atoms with Crippen molar-refractivity contribution in [3.05, 3.63) is 99.0 Å². The normalized spacial score (nSPS) is 19.0. The molecule has 12 heteroatoms. The molecular formula is C45H50FN7O4. The van der Waals surface area contributed by atoms with Gasteiger partial charge in [0.05, 0.1) is 28.0 Å². The van der Waals surface area contributed by atoms with Gasteiger partial charge in [-0.15, -0.1) is 0 Å². The topological polar surface area (TPSA) is 134 Å². The molecule has 6 heterocycles. The van der Waals surface area contributed by atoms with Gasteiger partial charge >= 0.3 is 5.69 Å². The zero-order valence-electron chi connectivity index (χ0n) is 32.6. The number of pyridine rings is 1. The van der Waals surface area contributed by atoms with E-state index in [0.29, 0.717) is 24.2 Å². The molecule has 1 unspecified atom stereocenters. The van der Waals surface area contributed by atoms with Crippen LogP contribution in [0.25, 0.3) is 33.5 Å². The van der Waals surface area contributed by atoms with E-state index in [1.807, 2.05) is 30.5 Å². The molecule has 1 aliphatic carbocycles. The fourth-order valence-corrected chi connectivity index (χ4v) is 10.0. The van der Waals surface area contributed by atoms with Crippen LogP contribution >= 0.6 is 0 Å². The molecule has 2 aromatic carbocycles. The molecule has 57 heavy (non-hydrogen) atoms. The van der Waals surface area contributed by atoms with Gasteiger partial charge in [0.25, 0.3) is 5.91 Å². The largest absolute Gasteiger partial charge is 0.357 e. The van der Waals surface area contributed by atoms with Crippen molar-refractivity contribution in [2.24, 2.45) is 7.05 Å². The first-order valence-electron chi connectivity index (χ1n) is 20.7. The minimum Gasteiger partial charge on any atom is -0.357 e. The minimum absolute atomic E-state index is 0.00827. The fraction of sp³-hybridized carbons (Fsp3) is 0.444. The highest BCUT2D eigenvalue weighted by Gasteiger charge is 2.45. The van der Waals surface area contributed by atoms with Gasteiger partial charge in [-0.2, -0.15) is 0 Å². The number of H-pyrrole nitrogens is 1. The van der Waals surface area contributed by atoms with Crippen molar-refractivity contribution >= 4 is 28.8 Å². The third-order valence-electron chi connectivity index (χ3n) is 13.2. The summed E-state index contributed by atoms with van der Waals surface area (Å²) in [6.07, 6.45) is 13.7. The highest BCUT2D eigenvalue weighted by Crippen LogP contribution is 2.45. The number of likely N-dealkylation sites (tertiary alicyclic amines) is 1. The van der Waals surface area contributed by atoms with Crippen LogP contribution < -0.4 is 16.3 Å². The number of fused-ring (bicyclic) bond motifs is 7. The molecule has 11 nitrogen and oxygen atoms in total. The molecule has 3 N–H and O–H groups in total. The Labute approximate surface area is 331 Å². The number of imide groups is 1. The summed E-state index contributed by atoms with van der Waals surface area (Å²) in [5.41, 5.74) is 9.58. The number of carbonyl (C=O) groups is 3. The molecule has 1 atom stereocenters.